The first-order valence-electron chi connectivity index (χ1n) is 8.00. The third kappa shape index (κ3) is 2.54. The number of benzene rings is 2. The van der Waals surface area contributed by atoms with Crippen molar-refractivity contribution in [1.82, 2.24) is 4.98 Å². The number of rotatable bonds is 3. The number of nitrogens with zero attached hydrogens (tertiary/aromatic N) is 1. The summed E-state index contributed by atoms with van der Waals surface area (Å²) < 4.78 is 0. The van der Waals surface area contributed by atoms with Crippen molar-refractivity contribution >= 4 is 34.1 Å². The van der Waals surface area contributed by atoms with Crippen LogP contribution in [0.1, 0.15) is 23.2 Å². The lowest BCUT2D eigenvalue weighted by atomic mass is 10.1. The van der Waals surface area contributed by atoms with E-state index in [0.717, 1.165) is 29.6 Å². The molecule has 1 fully saturated rings. The molecule has 0 saturated carbocycles. The Morgan fingerprint density at radius 3 is 2.67 bits per heavy atom. The van der Waals surface area contributed by atoms with Gasteiger partial charge in [0.1, 0.15) is 0 Å². The zero-order valence-electron chi connectivity index (χ0n) is 13.1. The highest BCUT2D eigenvalue weighted by Gasteiger charge is 2.21. The van der Waals surface area contributed by atoms with Crippen LogP contribution < -0.4 is 10.2 Å². The van der Waals surface area contributed by atoms with Crippen molar-refractivity contribution in [2.24, 2.45) is 0 Å². The van der Waals surface area contributed by atoms with Gasteiger partial charge in [0.25, 0.3) is 5.91 Å². The lowest BCUT2D eigenvalue weighted by molar-refractivity contribution is -0.117. The van der Waals surface area contributed by atoms with E-state index in [4.69, 9.17) is 0 Å². The van der Waals surface area contributed by atoms with E-state index in [1.54, 1.807) is 4.90 Å². The number of carbonyl (C=O) groups excluding carboxylic acids is 2. The Bertz CT molecular complexity index is 912. The Labute approximate surface area is 139 Å². The lowest BCUT2D eigenvalue weighted by Crippen LogP contribution is -2.23. The number of carbonyl (C=O) groups is 2. The SMILES string of the molecule is O=C(Nc1ccc(N2CCCC2=O)cc1)c1cccc2[nH]ccc12. The molecule has 2 N–H and O–H groups in total. The minimum absolute atomic E-state index is 0.148. The Kier molecular flexibility index (Phi) is 3.54. The van der Waals surface area contributed by atoms with Crippen molar-refractivity contribution < 1.29 is 9.59 Å². The molecule has 5 heteroatoms. The van der Waals surface area contributed by atoms with E-state index in [9.17, 15) is 9.59 Å². The van der Waals surface area contributed by atoms with Gasteiger partial charge in [-0.1, -0.05) is 6.07 Å². The fourth-order valence-electron chi connectivity index (χ4n) is 3.13. The van der Waals surface area contributed by atoms with Crippen LogP contribution in [0.25, 0.3) is 10.9 Å². The average Bonchev–Trinajstić information content (AvgIpc) is 3.24. The number of amides is 2. The van der Waals surface area contributed by atoms with Crippen molar-refractivity contribution in [2.75, 3.05) is 16.8 Å². The van der Waals surface area contributed by atoms with E-state index in [2.05, 4.69) is 10.3 Å². The summed E-state index contributed by atoms with van der Waals surface area (Å²) in [5.41, 5.74) is 3.16. The first kappa shape index (κ1) is 14.5. The topological polar surface area (TPSA) is 65.2 Å². The van der Waals surface area contributed by atoms with Gasteiger partial charge >= 0.3 is 0 Å². The molecule has 24 heavy (non-hydrogen) atoms. The van der Waals surface area contributed by atoms with Gasteiger partial charge in [0.2, 0.25) is 5.91 Å². The molecule has 4 rings (SSSR count). The summed E-state index contributed by atoms with van der Waals surface area (Å²) in [6.07, 6.45) is 3.33. The van der Waals surface area contributed by atoms with Gasteiger partial charge in [-0.3, -0.25) is 9.59 Å². The van der Waals surface area contributed by atoms with E-state index >= 15 is 0 Å². The second-order valence-corrected chi connectivity index (χ2v) is 5.89. The monoisotopic (exact) mass is 319 g/mol. The molecule has 0 atom stereocenters. The number of anilines is 2. The Hall–Kier alpha value is -3.08. The van der Waals surface area contributed by atoms with Crippen molar-refractivity contribution in [1.29, 1.82) is 0 Å². The van der Waals surface area contributed by atoms with Crippen LogP contribution in [0, 0.1) is 0 Å². The Morgan fingerprint density at radius 1 is 1.08 bits per heavy atom. The molecule has 1 aliphatic heterocycles. The van der Waals surface area contributed by atoms with Gasteiger partial charge in [0.05, 0.1) is 0 Å². The predicted octanol–water partition coefficient (Wildman–Crippen LogP) is 3.55. The molecule has 0 bridgehead atoms. The molecule has 120 valence electrons. The standard InChI is InChI=1S/C19H17N3O2/c23-18-5-2-12-22(18)14-8-6-13(7-9-14)21-19(24)16-3-1-4-17-15(16)10-11-20-17/h1,3-4,6-11,20H,2,5,12H2,(H,21,24). The first-order valence-corrected chi connectivity index (χ1v) is 8.00. The summed E-state index contributed by atoms with van der Waals surface area (Å²) in [6.45, 7) is 0.764. The fourth-order valence-corrected chi connectivity index (χ4v) is 3.13. The maximum atomic E-state index is 12.5. The van der Waals surface area contributed by atoms with E-state index in [1.165, 1.54) is 0 Å². The van der Waals surface area contributed by atoms with Gasteiger partial charge < -0.3 is 15.2 Å². The summed E-state index contributed by atoms with van der Waals surface area (Å²) in [5.74, 6) is 0.0103. The Balaban J connectivity index is 1.54. The van der Waals surface area contributed by atoms with E-state index in [0.29, 0.717) is 17.7 Å². The minimum Gasteiger partial charge on any atom is -0.361 e. The molecule has 0 spiro atoms. The summed E-state index contributed by atoms with van der Waals surface area (Å²) in [6, 6.07) is 14.9. The molecule has 1 saturated heterocycles. The van der Waals surface area contributed by atoms with Crippen molar-refractivity contribution in [2.45, 2.75) is 12.8 Å². The molecular weight excluding hydrogens is 302 g/mol. The van der Waals surface area contributed by atoms with Crippen LogP contribution in [-0.2, 0) is 4.79 Å². The van der Waals surface area contributed by atoms with Crippen LogP contribution in [0.5, 0.6) is 0 Å². The minimum atomic E-state index is -0.148. The molecule has 0 aliphatic carbocycles. The third-order valence-corrected chi connectivity index (χ3v) is 4.35. The molecular formula is C19H17N3O2. The normalized spacial score (nSPS) is 14.3. The second kappa shape index (κ2) is 5.85. The molecule has 2 aromatic carbocycles. The highest BCUT2D eigenvalue weighted by molar-refractivity contribution is 6.12. The number of aromatic amines is 1. The fraction of sp³-hybridized carbons (Fsp3) is 0.158. The maximum Gasteiger partial charge on any atom is 0.256 e. The van der Waals surface area contributed by atoms with Crippen molar-refractivity contribution in [3.63, 3.8) is 0 Å². The zero-order valence-corrected chi connectivity index (χ0v) is 13.1. The summed E-state index contributed by atoms with van der Waals surface area (Å²) in [7, 11) is 0. The van der Waals surface area contributed by atoms with Crippen molar-refractivity contribution in [3.8, 4) is 0 Å². The van der Waals surface area contributed by atoms with Crippen LogP contribution in [0.4, 0.5) is 11.4 Å². The molecule has 1 aliphatic rings. The molecule has 2 amide bonds. The smallest absolute Gasteiger partial charge is 0.256 e. The third-order valence-electron chi connectivity index (χ3n) is 4.35. The van der Waals surface area contributed by atoms with E-state index in [-0.39, 0.29) is 11.8 Å². The molecule has 5 nitrogen and oxygen atoms in total. The zero-order chi connectivity index (χ0) is 16.5. The van der Waals surface area contributed by atoms with Crippen LogP contribution in [0.2, 0.25) is 0 Å². The molecule has 2 heterocycles. The molecule has 1 aromatic heterocycles. The molecule has 0 unspecified atom stereocenters. The quantitative estimate of drug-likeness (QED) is 0.775. The summed E-state index contributed by atoms with van der Waals surface area (Å²) in [5, 5.41) is 3.81. The van der Waals surface area contributed by atoms with Crippen LogP contribution in [-0.4, -0.2) is 23.3 Å². The highest BCUT2D eigenvalue weighted by atomic mass is 16.2. The van der Waals surface area contributed by atoms with E-state index < -0.39 is 0 Å². The van der Waals surface area contributed by atoms with Crippen LogP contribution >= 0.6 is 0 Å². The van der Waals surface area contributed by atoms with E-state index in [1.807, 2.05) is 54.7 Å². The average molecular weight is 319 g/mol. The van der Waals surface area contributed by atoms with Gasteiger partial charge in [0.15, 0.2) is 0 Å². The maximum absolute atomic E-state index is 12.5. The van der Waals surface area contributed by atoms with Crippen LogP contribution in [0.15, 0.2) is 54.7 Å². The van der Waals surface area contributed by atoms with Gasteiger partial charge in [0, 0.05) is 47.0 Å². The van der Waals surface area contributed by atoms with Gasteiger partial charge in [-0.2, -0.15) is 0 Å². The summed E-state index contributed by atoms with van der Waals surface area (Å²) >= 11 is 0. The lowest BCUT2D eigenvalue weighted by Gasteiger charge is -2.16. The highest BCUT2D eigenvalue weighted by Crippen LogP contribution is 2.24. The summed E-state index contributed by atoms with van der Waals surface area (Å²) in [4.78, 5) is 29.2. The van der Waals surface area contributed by atoms with Gasteiger partial charge in [-0.15, -0.1) is 0 Å². The number of fused-ring (bicyclic) bond motifs is 1. The van der Waals surface area contributed by atoms with Crippen molar-refractivity contribution in [3.05, 3.63) is 60.3 Å². The number of nitrogens with one attached hydrogen (secondary N) is 2. The number of hydrogen-bond acceptors (Lipinski definition) is 2. The Morgan fingerprint density at radius 2 is 1.92 bits per heavy atom. The predicted molar refractivity (Wildman–Crippen MR) is 94.3 cm³/mol. The van der Waals surface area contributed by atoms with Gasteiger partial charge in [-0.05, 0) is 48.9 Å². The number of H-pyrrole nitrogens is 1. The number of aromatic nitrogens is 1. The van der Waals surface area contributed by atoms with Crippen LogP contribution in [0.3, 0.4) is 0 Å². The first-order chi connectivity index (χ1) is 11.7. The van der Waals surface area contributed by atoms with Gasteiger partial charge in [-0.25, -0.2) is 0 Å². The largest absolute Gasteiger partial charge is 0.361 e. The molecule has 3 aromatic rings. The number of hydrogen-bond donors (Lipinski definition) is 2. The second-order valence-electron chi connectivity index (χ2n) is 5.89. The molecule has 0 radical (unpaired) electrons.